The monoisotopic (exact) mass is 398 g/mol. The minimum atomic E-state index is -1.99. The van der Waals surface area contributed by atoms with Gasteiger partial charge in [0.2, 0.25) is 0 Å². The minimum absolute atomic E-state index is 0.0404. The largest absolute Gasteiger partial charge is 0.469 e. The van der Waals surface area contributed by atoms with E-state index in [1.165, 1.54) is 7.11 Å². The van der Waals surface area contributed by atoms with E-state index in [1.807, 2.05) is 50.2 Å². The van der Waals surface area contributed by atoms with Crippen molar-refractivity contribution < 1.29 is 18.8 Å². The Bertz CT molecular complexity index is 804. The van der Waals surface area contributed by atoms with Crippen LogP contribution in [0.3, 0.4) is 0 Å². The van der Waals surface area contributed by atoms with Crippen molar-refractivity contribution in [2.75, 3.05) is 7.11 Å². The van der Waals surface area contributed by atoms with Crippen LogP contribution in [0.5, 0.6) is 0 Å². The number of carbonyl (C=O) groups is 2. The average molecular weight is 399 g/mol. The highest BCUT2D eigenvalue weighted by atomic mass is 28.4. The fourth-order valence-corrected chi connectivity index (χ4v) is 4.10. The normalized spacial score (nSPS) is 13.6. The van der Waals surface area contributed by atoms with E-state index in [0.29, 0.717) is 5.56 Å². The third-order valence-electron chi connectivity index (χ3n) is 4.53. The number of rotatable bonds is 8. The third kappa shape index (κ3) is 6.14. The van der Waals surface area contributed by atoms with Gasteiger partial charge in [0, 0.05) is 12.0 Å². The molecule has 4 nitrogen and oxygen atoms in total. The highest BCUT2D eigenvalue weighted by molar-refractivity contribution is 6.69. The van der Waals surface area contributed by atoms with Crippen LogP contribution in [0.25, 0.3) is 0 Å². The van der Waals surface area contributed by atoms with Crippen LogP contribution in [0.1, 0.15) is 39.6 Å². The van der Waals surface area contributed by atoms with Crippen molar-refractivity contribution >= 4 is 20.1 Å². The molecule has 2 unspecified atom stereocenters. The quantitative estimate of drug-likeness (QED) is 0.346. The Morgan fingerprint density at radius 1 is 0.893 bits per heavy atom. The lowest BCUT2D eigenvalue weighted by Crippen LogP contribution is -2.35. The molecule has 0 spiro atoms. The van der Waals surface area contributed by atoms with Crippen molar-refractivity contribution in [1.82, 2.24) is 0 Å². The molecule has 5 heteroatoms. The summed E-state index contributed by atoms with van der Waals surface area (Å²) in [6.45, 7) is 10.2. The predicted molar refractivity (Wildman–Crippen MR) is 114 cm³/mol. The van der Waals surface area contributed by atoms with Crippen molar-refractivity contribution in [2.45, 2.75) is 46.0 Å². The van der Waals surface area contributed by atoms with Crippen molar-refractivity contribution in [1.29, 1.82) is 0 Å². The van der Waals surface area contributed by atoms with Gasteiger partial charge in [0.05, 0.1) is 19.1 Å². The molecule has 0 aliphatic rings. The van der Waals surface area contributed by atoms with Crippen molar-refractivity contribution in [3.05, 3.63) is 70.8 Å². The first-order valence-corrected chi connectivity index (χ1v) is 12.9. The van der Waals surface area contributed by atoms with Gasteiger partial charge < -0.3 is 9.16 Å². The molecule has 0 aromatic heterocycles. The zero-order valence-electron chi connectivity index (χ0n) is 17.6. The Kier molecular flexibility index (Phi) is 7.33. The van der Waals surface area contributed by atoms with E-state index >= 15 is 0 Å². The van der Waals surface area contributed by atoms with Gasteiger partial charge in [-0.05, 0) is 39.1 Å². The van der Waals surface area contributed by atoms with Gasteiger partial charge in [0.25, 0.3) is 0 Å². The molecule has 0 fully saturated rings. The number of benzene rings is 2. The lowest BCUT2D eigenvalue weighted by atomic mass is 9.89. The smallest absolute Gasteiger partial charge is 0.312 e. The summed E-state index contributed by atoms with van der Waals surface area (Å²) in [7, 11) is -0.641. The molecule has 0 heterocycles. The molecule has 0 aliphatic heterocycles. The van der Waals surface area contributed by atoms with Gasteiger partial charge in [-0.2, -0.15) is 0 Å². The summed E-state index contributed by atoms with van der Waals surface area (Å²) in [4.78, 5) is 25.6. The van der Waals surface area contributed by atoms with Crippen molar-refractivity contribution in [2.24, 2.45) is 5.92 Å². The number of ether oxygens (including phenoxy) is 1. The molecule has 0 saturated heterocycles. The van der Waals surface area contributed by atoms with Gasteiger partial charge in [-0.15, -0.1) is 0 Å². The molecule has 2 rings (SSSR count). The van der Waals surface area contributed by atoms with E-state index in [2.05, 4.69) is 19.6 Å². The van der Waals surface area contributed by atoms with Crippen LogP contribution >= 0.6 is 0 Å². The predicted octanol–water partition coefficient (Wildman–Crippen LogP) is 5.26. The van der Waals surface area contributed by atoms with Crippen LogP contribution < -0.4 is 0 Å². The Morgan fingerprint density at radius 2 is 1.39 bits per heavy atom. The third-order valence-corrected chi connectivity index (χ3v) is 5.50. The second-order valence-corrected chi connectivity index (χ2v) is 12.6. The highest BCUT2D eigenvalue weighted by Crippen LogP contribution is 2.33. The highest BCUT2D eigenvalue weighted by Gasteiger charge is 2.36. The van der Waals surface area contributed by atoms with E-state index in [4.69, 9.17) is 9.16 Å². The standard InChI is InChI=1S/C23H30O4Si/c1-16-7-11-18(12-8-16)21(24)15-20(23(25)26-3)22(27-28(4,5)6)19-13-9-17(2)10-14-19/h7-14,20,22H,15H2,1-6H3. The molecule has 0 N–H and O–H groups in total. The van der Waals surface area contributed by atoms with Crippen molar-refractivity contribution in [3.8, 4) is 0 Å². The molecule has 2 aromatic carbocycles. The van der Waals surface area contributed by atoms with Gasteiger partial charge in [0.15, 0.2) is 14.1 Å². The number of esters is 1. The summed E-state index contributed by atoms with van der Waals surface area (Å²) < 4.78 is 11.4. The van der Waals surface area contributed by atoms with E-state index in [0.717, 1.165) is 16.7 Å². The van der Waals surface area contributed by atoms with Gasteiger partial charge >= 0.3 is 5.97 Å². The zero-order chi connectivity index (χ0) is 20.9. The lowest BCUT2D eigenvalue weighted by molar-refractivity contribution is -0.149. The van der Waals surface area contributed by atoms with Gasteiger partial charge in [0.1, 0.15) is 0 Å². The van der Waals surface area contributed by atoms with Crippen LogP contribution in [0.15, 0.2) is 48.5 Å². The first-order valence-electron chi connectivity index (χ1n) is 9.53. The van der Waals surface area contributed by atoms with E-state index < -0.39 is 26.3 Å². The first kappa shape index (κ1) is 22.1. The van der Waals surface area contributed by atoms with Crippen LogP contribution in [0.4, 0.5) is 0 Å². The number of carbonyl (C=O) groups excluding carboxylic acids is 2. The molecule has 150 valence electrons. The Morgan fingerprint density at radius 3 is 1.86 bits per heavy atom. The first-order chi connectivity index (χ1) is 13.1. The molecule has 2 aromatic rings. The minimum Gasteiger partial charge on any atom is -0.469 e. The summed E-state index contributed by atoms with van der Waals surface area (Å²) in [5.41, 5.74) is 3.69. The Hall–Kier alpha value is -2.24. The molecule has 0 amide bonds. The Labute approximate surface area is 169 Å². The molecular formula is C23H30O4Si. The van der Waals surface area contributed by atoms with E-state index in [9.17, 15) is 9.59 Å². The van der Waals surface area contributed by atoms with Crippen LogP contribution in [-0.2, 0) is 14.0 Å². The molecule has 28 heavy (non-hydrogen) atoms. The topological polar surface area (TPSA) is 52.6 Å². The zero-order valence-corrected chi connectivity index (χ0v) is 18.6. The molecule has 0 bridgehead atoms. The maximum Gasteiger partial charge on any atom is 0.312 e. The second-order valence-electron chi connectivity index (χ2n) is 8.18. The molecule has 0 saturated carbocycles. The van der Waals surface area contributed by atoms with Gasteiger partial charge in [-0.25, -0.2) is 0 Å². The summed E-state index contributed by atoms with van der Waals surface area (Å²) in [6.07, 6.45) is -0.479. The lowest BCUT2D eigenvalue weighted by Gasteiger charge is -2.31. The van der Waals surface area contributed by atoms with E-state index in [-0.39, 0.29) is 12.2 Å². The van der Waals surface area contributed by atoms with Gasteiger partial charge in [-0.3, -0.25) is 9.59 Å². The maximum atomic E-state index is 12.9. The second kappa shape index (κ2) is 9.30. The fourth-order valence-electron chi connectivity index (χ4n) is 3.04. The summed E-state index contributed by atoms with van der Waals surface area (Å²) in [5, 5.41) is 0. The van der Waals surface area contributed by atoms with Crippen LogP contribution in [0.2, 0.25) is 19.6 Å². The molecule has 0 aliphatic carbocycles. The Balaban J connectivity index is 2.39. The average Bonchev–Trinajstić information content (AvgIpc) is 2.64. The number of methoxy groups -OCH3 is 1. The molecular weight excluding hydrogens is 368 g/mol. The fraction of sp³-hybridized carbons (Fsp3) is 0.391. The number of ketones is 1. The maximum absolute atomic E-state index is 12.9. The van der Waals surface area contributed by atoms with Crippen molar-refractivity contribution in [3.63, 3.8) is 0 Å². The molecule has 0 radical (unpaired) electrons. The summed E-state index contributed by atoms with van der Waals surface area (Å²) in [6, 6.07) is 15.3. The number of hydrogen-bond donors (Lipinski definition) is 0. The SMILES string of the molecule is COC(=O)C(CC(=O)c1ccc(C)cc1)C(O[Si](C)(C)C)c1ccc(C)cc1. The summed E-state index contributed by atoms with van der Waals surface area (Å²) >= 11 is 0. The van der Waals surface area contributed by atoms with Crippen LogP contribution in [-0.4, -0.2) is 27.2 Å². The van der Waals surface area contributed by atoms with Gasteiger partial charge in [-0.1, -0.05) is 59.7 Å². The number of hydrogen-bond acceptors (Lipinski definition) is 4. The van der Waals surface area contributed by atoms with E-state index in [1.54, 1.807) is 12.1 Å². The van der Waals surface area contributed by atoms with Crippen LogP contribution in [0, 0.1) is 19.8 Å². The molecule has 2 atom stereocenters. The number of aryl methyl sites for hydroxylation is 2. The summed E-state index contributed by atoms with van der Waals surface area (Å²) in [5.74, 6) is -1.22. The number of Topliss-reactive ketones (excluding diaryl/α,β-unsaturated/α-hetero) is 1.